The molecule has 11 nitrogen and oxygen atoms in total. The molecule has 3 atom stereocenters. The Hall–Kier alpha value is -2.82. The second kappa shape index (κ2) is 58.3. The van der Waals surface area contributed by atoms with E-state index < -0.39 is 57.8 Å². The topological polar surface area (TPSA) is 155 Å². The third-order valence-electron chi connectivity index (χ3n) is 13.4. The number of carbonyl (C=O) groups excluding carboxylic acids is 3. The summed E-state index contributed by atoms with van der Waals surface area (Å²) in [7, 11) is -4.76. The first-order valence-corrected chi connectivity index (χ1v) is 32.7. The van der Waals surface area contributed by atoms with Gasteiger partial charge in [0, 0.05) is 19.3 Å². The van der Waals surface area contributed by atoms with E-state index in [1.54, 1.807) is 0 Å². The number of aliphatic hydroxyl groups excluding tert-OH is 1. The largest absolute Gasteiger partial charge is 0.472 e. The highest BCUT2D eigenvalue weighted by molar-refractivity contribution is 7.47. The summed E-state index contributed by atoms with van der Waals surface area (Å²) in [6.07, 6.45) is 64.6. The second-order valence-corrected chi connectivity index (χ2v) is 22.3. The van der Waals surface area contributed by atoms with Crippen molar-refractivity contribution in [3.63, 3.8) is 0 Å². The maximum atomic E-state index is 12.9. The van der Waals surface area contributed by atoms with E-state index in [0.717, 1.165) is 116 Å². The predicted octanol–water partition coefficient (Wildman–Crippen LogP) is 18.7. The third-order valence-corrected chi connectivity index (χ3v) is 14.4. The molecular weight excluding hydrogens is 976 g/mol. The smallest absolute Gasteiger partial charge is 0.462 e. The number of hydrogen-bond acceptors (Lipinski definition) is 10. The molecule has 0 aromatic carbocycles. The summed E-state index contributed by atoms with van der Waals surface area (Å²) < 4.78 is 39.6. The second-order valence-electron chi connectivity index (χ2n) is 20.8. The molecule has 76 heavy (non-hydrogen) atoms. The molecule has 0 radical (unpaired) electrons. The van der Waals surface area contributed by atoms with Crippen LogP contribution in [0.15, 0.2) is 60.8 Å². The Morgan fingerprint density at radius 3 is 1.08 bits per heavy atom. The molecule has 0 aliphatic rings. The van der Waals surface area contributed by atoms with Crippen molar-refractivity contribution < 1.29 is 52.2 Å². The van der Waals surface area contributed by atoms with E-state index in [-0.39, 0.29) is 25.9 Å². The molecule has 0 bridgehead atoms. The van der Waals surface area contributed by atoms with Gasteiger partial charge in [-0.1, -0.05) is 248 Å². The Kier molecular flexibility index (Phi) is 56.2. The van der Waals surface area contributed by atoms with Crippen molar-refractivity contribution in [2.75, 3.05) is 26.4 Å². The Morgan fingerprint density at radius 2 is 0.684 bits per heavy atom. The van der Waals surface area contributed by atoms with E-state index in [1.165, 1.54) is 116 Å². The normalized spacial score (nSPS) is 13.7. The summed E-state index contributed by atoms with van der Waals surface area (Å²) in [6.45, 7) is 4.52. The molecule has 0 fully saturated rings. The third kappa shape index (κ3) is 55.9. The van der Waals surface area contributed by atoms with Gasteiger partial charge in [0.15, 0.2) is 6.10 Å². The van der Waals surface area contributed by atoms with Gasteiger partial charge in [0.25, 0.3) is 0 Å². The van der Waals surface area contributed by atoms with Crippen molar-refractivity contribution in [2.45, 2.75) is 303 Å². The van der Waals surface area contributed by atoms with Crippen LogP contribution in [-0.2, 0) is 42.2 Å². The molecule has 442 valence electrons. The average Bonchev–Trinajstić information content (AvgIpc) is 3.41. The van der Waals surface area contributed by atoms with Crippen molar-refractivity contribution in [1.29, 1.82) is 0 Å². The number of esters is 3. The summed E-state index contributed by atoms with van der Waals surface area (Å²) in [6, 6.07) is 0. The van der Waals surface area contributed by atoms with Gasteiger partial charge in [-0.2, -0.15) is 0 Å². The van der Waals surface area contributed by atoms with Crippen LogP contribution in [-0.4, -0.2) is 66.5 Å². The van der Waals surface area contributed by atoms with Crippen LogP contribution < -0.4 is 0 Å². The number of allylic oxidation sites excluding steroid dienone is 10. The molecule has 0 aliphatic heterocycles. The molecule has 2 N–H and O–H groups in total. The quantitative estimate of drug-likeness (QED) is 0.0197. The van der Waals surface area contributed by atoms with Gasteiger partial charge in [0.1, 0.15) is 12.7 Å². The van der Waals surface area contributed by atoms with Crippen LogP contribution in [0.25, 0.3) is 0 Å². The predicted molar refractivity (Wildman–Crippen MR) is 316 cm³/mol. The van der Waals surface area contributed by atoms with Gasteiger partial charge in [-0.15, -0.1) is 0 Å². The molecular formula is C64H115O11P. The molecule has 3 unspecified atom stereocenters. The highest BCUT2D eigenvalue weighted by Crippen LogP contribution is 2.43. The lowest BCUT2D eigenvalue weighted by Gasteiger charge is -2.21. The van der Waals surface area contributed by atoms with Gasteiger partial charge in [-0.25, -0.2) is 4.57 Å². The number of rotatable bonds is 58. The first-order chi connectivity index (χ1) is 37.2. The lowest BCUT2D eigenvalue weighted by molar-refractivity contribution is -0.161. The van der Waals surface area contributed by atoms with Gasteiger partial charge in [-0.05, 0) is 83.5 Å². The van der Waals surface area contributed by atoms with Crippen LogP contribution in [0.4, 0.5) is 0 Å². The fourth-order valence-electron chi connectivity index (χ4n) is 8.70. The van der Waals surface area contributed by atoms with Crippen LogP contribution in [0.2, 0.25) is 0 Å². The molecule has 0 rings (SSSR count). The zero-order valence-corrected chi connectivity index (χ0v) is 49.9. The van der Waals surface area contributed by atoms with E-state index >= 15 is 0 Å². The van der Waals surface area contributed by atoms with Gasteiger partial charge >= 0.3 is 25.7 Å². The minimum Gasteiger partial charge on any atom is -0.462 e. The van der Waals surface area contributed by atoms with Gasteiger partial charge < -0.3 is 24.2 Å². The SMILES string of the molecule is CC/C=C\C/C=C\C/C=C\CCCCCCCC(=O)OC(CO)COP(=O)(O)OCC(COC(=O)CCCCCCC/C=C\C/C=C\CCCCC)OC(=O)CCCCCCCCCCCCCCCCCCCCC. The summed E-state index contributed by atoms with van der Waals surface area (Å²) in [5, 5.41) is 9.83. The minimum atomic E-state index is -4.76. The maximum Gasteiger partial charge on any atom is 0.472 e. The molecule has 0 spiro atoms. The molecule has 0 amide bonds. The van der Waals surface area contributed by atoms with E-state index in [2.05, 4.69) is 81.5 Å². The number of aliphatic hydroxyl groups is 1. The lowest BCUT2D eigenvalue weighted by Crippen LogP contribution is -2.30. The Balaban J connectivity index is 4.71. The van der Waals surface area contributed by atoms with Crippen molar-refractivity contribution in [2.24, 2.45) is 0 Å². The van der Waals surface area contributed by atoms with Crippen molar-refractivity contribution in [1.82, 2.24) is 0 Å². The molecule has 0 saturated heterocycles. The average molecular weight is 1090 g/mol. The number of phosphoric ester groups is 1. The Morgan fingerprint density at radius 1 is 0.382 bits per heavy atom. The van der Waals surface area contributed by atoms with Gasteiger partial charge in [-0.3, -0.25) is 23.4 Å². The standard InChI is InChI=1S/C64H115O11P/c1-4-7-10-13-16-19-22-25-28-29-30-31-34-37-40-43-46-49-52-55-64(68)75-61(57-71-62(66)53-50-47-44-41-38-35-32-26-23-20-17-14-11-8-5-2)59-73-76(69,70)72-58-60(56-65)74-63(67)54-51-48-45-42-39-36-33-27-24-21-18-15-12-9-6-3/h9,12,17-18,20-21,26-27,32-33,60-61,65H,4-8,10-11,13-16,19,22-25,28-31,34-59H2,1-3H3,(H,69,70)/b12-9-,20-17-,21-18-,32-26-,33-27-. The van der Waals surface area contributed by atoms with Gasteiger partial charge in [0.2, 0.25) is 0 Å². The van der Waals surface area contributed by atoms with Crippen LogP contribution in [0.5, 0.6) is 0 Å². The highest BCUT2D eigenvalue weighted by atomic mass is 31.2. The van der Waals surface area contributed by atoms with Crippen molar-refractivity contribution in [3.05, 3.63) is 60.8 Å². The lowest BCUT2D eigenvalue weighted by atomic mass is 10.0. The fraction of sp³-hybridized carbons (Fsp3) is 0.797. The summed E-state index contributed by atoms with van der Waals surface area (Å²) in [5.41, 5.74) is 0. The molecule has 0 saturated carbocycles. The van der Waals surface area contributed by atoms with Crippen molar-refractivity contribution >= 4 is 25.7 Å². The summed E-state index contributed by atoms with van der Waals surface area (Å²) >= 11 is 0. The first-order valence-electron chi connectivity index (χ1n) is 31.2. The zero-order chi connectivity index (χ0) is 55.5. The van der Waals surface area contributed by atoms with E-state index in [1.807, 2.05) is 0 Å². The summed E-state index contributed by atoms with van der Waals surface area (Å²) in [5.74, 6) is -1.48. The number of ether oxygens (including phenoxy) is 3. The highest BCUT2D eigenvalue weighted by Gasteiger charge is 2.28. The number of unbranched alkanes of at least 4 members (excludes halogenated alkanes) is 31. The molecule has 0 aliphatic carbocycles. The van der Waals surface area contributed by atoms with Crippen LogP contribution >= 0.6 is 7.82 Å². The first kappa shape index (κ1) is 73.2. The van der Waals surface area contributed by atoms with Crippen LogP contribution in [0, 0.1) is 0 Å². The number of hydrogen-bond donors (Lipinski definition) is 2. The zero-order valence-electron chi connectivity index (χ0n) is 49.0. The molecule has 0 heterocycles. The maximum absolute atomic E-state index is 12.9. The van der Waals surface area contributed by atoms with Crippen LogP contribution in [0.1, 0.15) is 290 Å². The molecule has 0 aromatic rings. The van der Waals surface area contributed by atoms with E-state index in [9.17, 15) is 28.9 Å². The summed E-state index contributed by atoms with van der Waals surface area (Å²) in [4.78, 5) is 48.7. The monoisotopic (exact) mass is 1090 g/mol. The minimum absolute atomic E-state index is 0.157. The van der Waals surface area contributed by atoms with E-state index in [4.69, 9.17) is 23.3 Å². The molecule has 0 aromatic heterocycles. The fourth-order valence-corrected chi connectivity index (χ4v) is 9.48. The van der Waals surface area contributed by atoms with Crippen molar-refractivity contribution in [3.8, 4) is 0 Å². The van der Waals surface area contributed by atoms with Gasteiger partial charge in [0.05, 0.1) is 19.8 Å². The Labute approximate surface area is 465 Å². The number of carbonyl (C=O) groups is 3. The number of phosphoric acid groups is 1. The molecule has 12 heteroatoms. The van der Waals surface area contributed by atoms with E-state index in [0.29, 0.717) is 19.3 Å². The van der Waals surface area contributed by atoms with Crippen LogP contribution in [0.3, 0.4) is 0 Å². The Bertz CT molecular complexity index is 1510.